The summed E-state index contributed by atoms with van der Waals surface area (Å²) in [6.07, 6.45) is 2.49. The van der Waals surface area contributed by atoms with Crippen molar-refractivity contribution in [2.45, 2.75) is 33.6 Å². The van der Waals surface area contributed by atoms with Crippen LogP contribution in [-0.4, -0.2) is 26.2 Å². The van der Waals surface area contributed by atoms with Gasteiger partial charge in [0.25, 0.3) is 0 Å². The fourth-order valence-electron chi connectivity index (χ4n) is 1.68. The predicted molar refractivity (Wildman–Crippen MR) is 83.0 cm³/mol. The first-order chi connectivity index (χ1) is 9.22. The third-order valence-corrected chi connectivity index (χ3v) is 2.76. The summed E-state index contributed by atoms with van der Waals surface area (Å²) in [6.45, 7) is 10.3. The zero-order chi connectivity index (χ0) is 13.9. The summed E-state index contributed by atoms with van der Waals surface area (Å²) in [5, 5.41) is 6.82. The van der Waals surface area contributed by atoms with Crippen molar-refractivity contribution in [2.75, 3.05) is 31.6 Å². The maximum atomic E-state index is 5.71. The molecule has 0 bridgehead atoms. The van der Waals surface area contributed by atoms with Crippen molar-refractivity contribution in [3.8, 4) is 5.75 Å². The van der Waals surface area contributed by atoms with Crippen LogP contribution in [0, 0.1) is 5.92 Å². The van der Waals surface area contributed by atoms with Gasteiger partial charge in [0, 0.05) is 24.8 Å². The normalized spacial score (nSPS) is 10.7. The third kappa shape index (κ3) is 7.73. The second-order valence-electron chi connectivity index (χ2n) is 5.26. The van der Waals surface area contributed by atoms with Crippen LogP contribution in [0.2, 0.25) is 0 Å². The number of anilines is 1. The second-order valence-corrected chi connectivity index (χ2v) is 5.26. The minimum atomic E-state index is 0.555. The number of ether oxygens (including phenoxy) is 1. The molecular weight excluding hydrogens is 236 g/mol. The molecule has 108 valence electrons. The molecule has 0 amide bonds. The molecule has 1 rings (SSSR count). The Morgan fingerprint density at radius 3 is 2.74 bits per heavy atom. The van der Waals surface area contributed by atoms with Crippen LogP contribution in [-0.2, 0) is 0 Å². The van der Waals surface area contributed by atoms with Crippen molar-refractivity contribution in [2.24, 2.45) is 5.92 Å². The molecule has 0 atom stereocenters. The molecule has 0 aliphatic carbocycles. The minimum Gasteiger partial charge on any atom is -0.493 e. The van der Waals surface area contributed by atoms with Crippen LogP contribution in [0.5, 0.6) is 5.75 Å². The lowest BCUT2D eigenvalue weighted by Gasteiger charge is -2.11. The molecule has 0 heterocycles. The smallest absolute Gasteiger partial charge is 0.121 e. The molecule has 0 radical (unpaired) electrons. The lowest BCUT2D eigenvalue weighted by atomic mass is 10.2. The van der Waals surface area contributed by atoms with Crippen molar-refractivity contribution in [1.29, 1.82) is 0 Å². The maximum absolute atomic E-state index is 5.71. The molecule has 3 heteroatoms. The summed E-state index contributed by atoms with van der Waals surface area (Å²) in [4.78, 5) is 0. The molecule has 0 saturated heterocycles. The van der Waals surface area contributed by atoms with E-state index in [1.165, 1.54) is 12.8 Å². The molecule has 2 N–H and O–H groups in total. The summed E-state index contributed by atoms with van der Waals surface area (Å²) in [5.41, 5.74) is 1.12. The molecule has 0 fully saturated rings. The first-order valence-corrected chi connectivity index (χ1v) is 7.39. The van der Waals surface area contributed by atoms with Gasteiger partial charge < -0.3 is 15.4 Å². The highest BCUT2D eigenvalue weighted by Gasteiger charge is 1.98. The van der Waals surface area contributed by atoms with E-state index in [0.717, 1.165) is 37.7 Å². The monoisotopic (exact) mass is 264 g/mol. The van der Waals surface area contributed by atoms with Crippen LogP contribution in [0.15, 0.2) is 24.3 Å². The molecule has 0 aliphatic rings. The van der Waals surface area contributed by atoms with Crippen LogP contribution >= 0.6 is 0 Å². The summed E-state index contributed by atoms with van der Waals surface area (Å²) in [6, 6.07) is 8.18. The Morgan fingerprint density at radius 1 is 1.16 bits per heavy atom. The summed E-state index contributed by atoms with van der Waals surface area (Å²) in [5.74, 6) is 1.50. The van der Waals surface area contributed by atoms with E-state index in [0.29, 0.717) is 5.92 Å². The van der Waals surface area contributed by atoms with Gasteiger partial charge in [-0.25, -0.2) is 0 Å². The van der Waals surface area contributed by atoms with E-state index < -0.39 is 0 Å². The number of unbranched alkanes of at least 4 members (excludes halogenated alkanes) is 1. The second kappa shape index (κ2) is 9.68. The Morgan fingerprint density at radius 2 is 2.00 bits per heavy atom. The zero-order valence-corrected chi connectivity index (χ0v) is 12.5. The average molecular weight is 264 g/mol. The topological polar surface area (TPSA) is 33.3 Å². The highest BCUT2D eigenvalue weighted by atomic mass is 16.5. The van der Waals surface area contributed by atoms with Crippen LogP contribution in [0.3, 0.4) is 0 Å². The van der Waals surface area contributed by atoms with Gasteiger partial charge in [-0.1, -0.05) is 33.3 Å². The number of benzene rings is 1. The SMILES string of the molecule is CCCCNCCNc1cccc(OCC(C)C)c1. The van der Waals surface area contributed by atoms with Gasteiger partial charge in [-0.15, -0.1) is 0 Å². The van der Waals surface area contributed by atoms with E-state index in [1.807, 2.05) is 12.1 Å². The van der Waals surface area contributed by atoms with Gasteiger partial charge in [-0.2, -0.15) is 0 Å². The Labute approximate surface area is 117 Å². The molecule has 3 nitrogen and oxygen atoms in total. The largest absolute Gasteiger partial charge is 0.493 e. The van der Waals surface area contributed by atoms with Gasteiger partial charge in [0.1, 0.15) is 5.75 Å². The molecule has 0 unspecified atom stereocenters. The van der Waals surface area contributed by atoms with E-state index in [2.05, 4.69) is 43.5 Å². The van der Waals surface area contributed by atoms with Crippen LogP contribution in [0.1, 0.15) is 33.6 Å². The lowest BCUT2D eigenvalue weighted by molar-refractivity contribution is 0.271. The third-order valence-electron chi connectivity index (χ3n) is 2.76. The van der Waals surface area contributed by atoms with Crippen molar-refractivity contribution in [3.05, 3.63) is 24.3 Å². The molecule has 1 aromatic carbocycles. The van der Waals surface area contributed by atoms with Crippen molar-refractivity contribution < 1.29 is 4.74 Å². The Kier molecular flexibility index (Phi) is 8.07. The molecule has 0 aromatic heterocycles. The van der Waals surface area contributed by atoms with E-state index >= 15 is 0 Å². The van der Waals surface area contributed by atoms with Gasteiger partial charge in [0.15, 0.2) is 0 Å². The predicted octanol–water partition coefficient (Wildman–Crippen LogP) is 3.52. The van der Waals surface area contributed by atoms with Crippen LogP contribution in [0.25, 0.3) is 0 Å². The van der Waals surface area contributed by atoms with E-state index in [1.54, 1.807) is 0 Å². The highest BCUT2D eigenvalue weighted by molar-refractivity contribution is 5.48. The molecular formula is C16H28N2O. The van der Waals surface area contributed by atoms with E-state index in [4.69, 9.17) is 4.74 Å². The molecule has 0 aliphatic heterocycles. The first kappa shape index (κ1) is 15.8. The van der Waals surface area contributed by atoms with Gasteiger partial charge in [-0.05, 0) is 31.0 Å². The van der Waals surface area contributed by atoms with Gasteiger partial charge >= 0.3 is 0 Å². The number of rotatable bonds is 10. The molecule has 0 saturated carbocycles. The highest BCUT2D eigenvalue weighted by Crippen LogP contribution is 2.17. The van der Waals surface area contributed by atoms with Crippen molar-refractivity contribution >= 4 is 5.69 Å². The fraction of sp³-hybridized carbons (Fsp3) is 0.625. The van der Waals surface area contributed by atoms with E-state index in [9.17, 15) is 0 Å². The maximum Gasteiger partial charge on any atom is 0.121 e. The Balaban J connectivity index is 2.24. The quantitative estimate of drug-likeness (QED) is 0.634. The van der Waals surface area contributed by atoms with Gasteiger partial charge in [-0.3, -0.25) is 0 Å². The van der Waals surface area contributed by atoms with Gasteiger partial charge in [0.2, 0.25) is 0 Å². The van der Waals surface area contributed by atoms with Gasteiger partial charge in [0.05, 0.1) is 6.61 Å². The van der Waals surface area contributed by atoms with Crippen molar-refractivity contribution in [3.63, 3.8) is 0 Å². The summed E-state index contributed by atoms with van der Waals surface area (Å²) in [7, 11) is 0. The average Bonchev–Trinajstić information content (AvgIpc) is 2.41. The first-order valence-electron chi connectivity index (χ1n) is 7.39. The Bertz CT molecular complexity index is 339. The van der Waals surface area contributed by atoms with Crippen molar-refractivity contribution in [1.82, 2.24) is 5.32 Å². The van der Waals surface area contributed by atoms with E-state index in [-0.39, 0.29) is 0 Å². The molecule has 19 heavy (non-hydrogen) atoms. The number of hydrogen-bond acceptors (Lipinski definition) is 3. The minimum absolute atomic E-state index is 0.555. The zero-order valence-electron chi connectivity index (χ0n) is 12.5. The standard InChI is InChI=1S/C16H28N2O/c1-4-5-9-17-10-11-18-15-7-6-8-16(12-15)19-13-14(2)3/h6-8,12,14,17-18H,4-5,9-11,13H2,1-3H3. The Hall–Kier alpha value is -1.22. The summed E-state index contributed by atoms with van der Waals surface area (Å²) >= 11 is 0. The number of hydrogen-bond donors (Lipinski definition) is 2. The summed E-state index contributed by atoms with van der Waals surface area (Å²) < 4.78 is 5.71. The van der Waals surface area contributed by atoms with Crippen LogP contribution < -0.4 is 15.4 Å². The molecule has 1 aromatic rings. The molecule has 0 spiro atoms. The lowest BCUT2D eigenvalue weighted by Crippen LogP contribution is -2.23. The fourth-order valence-corrected chi connectivity index (χ4v) is 1.68. The number of nitrogens with one attached hydrogen (secondary N) is 2. The van der Waals surface area contributed by atoms with Crippen LogP contribution in [0.4, 0.5) is 5.69 Å².